The summed E-state index contributed by atoms with van der Waals surface area (Å²) in [5.41, 5.74) is 7.72. The monoisotopic (exact) mass is 322 g/mol. The largest absolute Gasteiger partial charge is 0.133 e. The van der Waals surface area contributed by atoms with Crippen LogP contribution >= 0.6 is 18.5 Å². The van der Waals surface area contributed by atoms with Gasteiger partial charge in [0.1, 0.15) is 0 Å². The van der Waals surface area contributed by atoms with Crippen molar-refractivity contribution in [3.63, 3.8) is 0 Å². The fourth-order valence-electron chi connectivity index (χ4n) is 2.63. The summed E-state index contributed by atoms with van der Waals surface area (Å²) in [5, 5.41) is 1.21. The second kappa shape index (κ2) is 6.74. The average molecular weight is 322 g/mol. The van der Waals surface area contributed by atoms with Gasteiger partial charge in [-0.25, -0.2) is 0 Å². The predicted molar refractivity (Wildman–Crippen MR) is 105 cm³/mol. The molecule has 0 bridgehead atoms. The van der Waals surface area contributed by atoms with Gasteiger partial charge < -0.3 is 0 Å². The van der Waals surface area contributed by atoms with Crippen LogP contribution in [0.1, 0.15) is 11.1 Å². The Kier molecular flexibility index (Phi) is 4.72. The highest BCUT2D eigenvalue weighted by Gasteiger charge is 2.04. The molecule has 110 valence electrons. The van der Waals surface area contributed by atoms with Crippen LogP contribution in [0, 0.1) is 6.92 Å². The third-order valence-corrected chi connectivity index (χ3v) is 4.70. The number of benzene rings is 3. The normalized spacial score (nSPS) is 10.7. The van der Waals surface area contributed by atoms with E-state index in [2.05, 4.69) is 92.1 Å². The smallest absolute Gasteiger partial charge is 0.0128 e. The highest BCUT2D eigenvalue weighted by molar-refractivity contribution is 7.27. The lowest BCUT2D eigenvalue weighted by atomic mass is 9.96. The minimum Gasteiger partial charge on any atom is -0.133 e. The Morgan fingerprint density at radius 2 is 1.18 bits per heavy atom. The molecule has 0 heterocycles. The van der Waals surface area contributed by atoms with Gasteiger partial charge in [-0.15, -0.1) is 18.5 Å². The van der Waals surface area contributed by atoms with E-state index < -0.39 is 0 Å². The van der Waals surface area contributed by atoms with Gasteiger partial charge in [0.2, 0.25) is 0 Å². The van der Waals surface area contributed by atoms with Gasteiger partial charge in [-0.3, -0.25) is 0 Å². The van der Waals surface area contributed by atoms with E-state index in [0.29, 0.717) is 0 Å². The van der Waals surface area contributed by atoms with Crippen LogP contribution in [0.4, 0.5) is 0 Å². The van der Waals surface area contributed by atoms with Crippen molar-refractivity contribution in [1.29, 1.82) is 0 Å². The zero-order valence-corrected chi connectivity index (χ0v) is 15.0. The Morgan fingerprint density at radius 1 is 0.682 bits per heavy atom. The van der Waals surface area contributed by atoms with Gasteiger partial charge in [0.05, 0.1) is 0 Å². The molecule has 3 aromatic carbocycles. The van der Waals surface area contributed by atoms with Gasteiger partial charge in [-0.05, 0) is 57.8 Å². The lowest BCUT2D eigenvalue weighted by Crippen LogP contribution is -1.89. The highest BCUT2D eigenvalue weighted by atomic mass is 31.0. The van der Waals surface area contributed by atoms with Gasteiger partial charge in [0, 0.05) is 0 Å². The summed E-state index contributed by atoms with van der Waals surface area (Å²) in [6.07, 6.45) is 1.00. The van der Waals surface area contributed by atoms with Gasteiger partial charge in [-0.1, -0.05) is 60.7 Å². The van der Waals surface area contributed by atoms with Crippen LogP contribution in [-0.2, 0) is 6.16 Å². The Labute approximate surface area is 137 Å². The van der Waals surface area contributed by atoms with Gasteiger partial charge in [-0.2, -0.15) is 0 Å². The highest BCUT2D eigenvalue weighted by Crippen LogP contribution is 2.28. The Balaban J connectivity index is 2.03. The first-order chi connectivity index (χ1) is 10.7. The molecule has 0 nitrogen and oxygen atoms in total. The van der Waals surface area contributed by atoms with Crippen LogP contribution in [0.5, 0.6) is 0 Å². The van der Waals surface area contributed by atoms with Crippen molar-refractivity contribution in [2.75, 3.05) is 0 Å². The molecule has 0 amide bonds. The minimum absolute atomic E-state index is 1.00. The summed E-state index contributed by atoms with van der Waals surface area (Å²) in [5.74, 6) is 0. The van der Waals surface area contributed by atoms with Crippen molar-refractivity contribution in [2.45, 2.75) is 13.1 Å². The molecule has 0 spiro atoms. The average Bonchev–Trinajstić information content (AvgIpc) is 2.55. The third-order valence-electron chi connectivity index (χ3n) is 3.84. The fraction of sp³-hybridized carbons (Fsp3) is 0.100. The zero-order chi connectivity index (χ0) is 15.5. The van der Waals surface area contributed by atoms with E-state index in [1.165, 1.54) is 38.7 Å². The van der Waals surface area contributed by atoms with Crippen molar-refractivity contribution < 1.29 is 0 Å². The Bertz CT molecular complexity index is 772. The van der Waals surface area contributed by atoms with Crippen LogP contribution < -0.4 is 5.30 Å². The summed E-state index contributed by atoms with van der Waals surface area (Å²) >= 11 is 0. The van der Waals surface area contributed by atoms with E-state index in [0.717, 1.165) is 6.16 Å². The van der Waals surface area contributed by atoms with Crippen LogP contribution in [-0.4, -0.2) is 0 Å². The second-order valence-electron chi connectivity index (χ2n) is 5.61. The molecule has 0 radical (unpaired) electrons. The quantitative estimate of drug-likeness (QED) is 0.581. The zero-order valence-electron chi connectivity index (χ0n) is 12.7. The second-order valence-corrected chi connectivity index (χ2v) is 6.69. The van der Waals surface area contributed by atoms with E-state index >= 15 is 0 Å². The van der Waals surface area contributed by atoms with Crippen LogP contribution in [0.25, 0.3) is 22.3 Å². The van der Waals surface area contributed by atoms with Crippen LogP contribution in [0.2, 0.25) is 0 Å². The number of hydrogen-bond acceptors (Lipinski definition) is 0. The summed E-state index contributed by atoms with van der Waals surface area (Å²) in [6, 6.07) is 24.2. The topological polar surface area (TPSA) is 0 Å². The summed E-state index contributed by atoms with van der Waals surface area (Å²) in [6.45, 7) is 2.16. The molecule has 22 heavy (non-hydrogen) atoms. The SMILES string of the molecule is Cc1cc(-c2ccc(P)cc2)cc(-c2ccc(CP)cc2)c1. The third kappa shape index (κ3) is 3.46. The molecule has 2 atom stereocenters. The van der Waals surface area contributed by atoms with Crippen molar-refractivity contribution in [3.05, 3.63) is 77.9 Å². The fourth-order valence-corrected chi connectivity index (χ4v) is 3.09. The number of rotatable bonds is 3. The Morgan fingerprint density at radius 3 is 1.68 bits per heavy atom. The van der Waals surface area contributed by atoms with Crippen molar-refractivity contribution in [1.82, 2.24) is 0 Å². The maximum absolute atomic E-state index is 2.77. The molecule has 0 saturated carbocycles. The van der Waals surface area contributed by atoms with Gasteiger partial charge in [0.15, 0.2) is 0 Å². The van der Waals surface area contributed by atoms with Gasteiger partial charge >= 0.3 is 0 Å². The maximum atomic E-state index is 2.77. The number of aryl methyl sites for hydroxylation is 1. The van der Waals surface area contributed by atoms with Crippen LogP contribution in [0.3, 0.4) is 0 Å². The molecular formula is C20H20P2. The van der Waals surface area contributed by atoms with E-state index in [-0.39, 0.29) is 0 Å². The molecule has 0 aliphatic carbocycles. The molecule has 3 rings (SSSR count). The molecule has 2 unspecified atom stereocenters. The molecule has 3 aromatic rings. The number of hydrogen-bond donors (Lipinski definition) is 0. The molecule has 0 fully saturated rings. The molecule has 0 saturated heterocycles. The first-order valence-corrected chi connectivity index (χ1v) is 8.82. The van der Waals surface area contributed by atoms with E-state index in [4.69, 9.17) is 0 Å². The van der Waals surface area contributed by atoms with Crippen LogP contribution in [0.15, 0.2) is 66.7 Å². The molecule has 0 aliphatic heterocycles. The lowest BCUT2D eigenvalue weighted by Gasteiger charge is -2.09. The minimum atomic E-state index is 1.00. The molecule has 0 aliphatic rings. The first-order valence-electron chi connectivity index (χ1n) is 7.43. The first kappa shape index (κ1) is 15.4. The van der Waals surface area contributed by atoms with E-state index in [1.807, 2.05) is 0 Å². The predicted octanol–water partition coefficient (Wildman–Crippen LogP) is 5.20. The van der Waals surface area contributed by atoms with E-state index in [1.54, 1.807) is 0 Å². The van der Waals surface area contributed by atoms with Crippen molar-refractivity contribution in [2.24, 2.45) is 0 Å². The molecule has 2 heteroatoms. The van der Waals surface area contributed by atoms with Crippen molar-refractivity contribution in [3.8, 4) is 22.3 Å². The summed E-state index contributed by atoms with van der Waals surface area (Å²) in [4.78, 5) is 0. The molecular weight excluding hydrogens is 302 g/mol. The lowest BCUT2D eigenvalue weighted by molar-refractivity contribution is 1.41. The summed E-state index contributed by atoms with van der Waals surface area (Å²) in [7, 11) is 5.50. The standard InChI is InChI=1S/C20H20P2/c1-14-10-18(16-4-2-15(13-21)3-5-16)12-19(11-14)17-6-8-20(22)9-7-17/h2-12H,13,21-22H2,1H3. The molecule has 0 aromatic heterocycles. The molecule has 0 N–H and O–H groups in total. The van der Waals surface area contributed by atoms with Gasteiger partial charge in [0.25, 0.3) is 0 Å². The maximum Gasteiger partial charge on any atom is -0.0128 e. The van der Waals surface area contributed by atoms with Crippen molar-refractivity contribution >= 4 is 23.8 Å². The summed E-state index contributed by atoms with van der Waals surface area (Å²) < 4.78 is 0. The Hall–Kier alpha value is -1.48. The van der Waals surface area contributed by atoms with E-state index in [9.17, 15) is 0 Å².